The molecule has 0 N–H and O–H groups in total. The molecule has 0 aliphatic heterocycles. The van der Waals surface area contributed by atoms with Crippen molar-refractivity contribution in [3.63, 3.8) is 0 Å². The predicted molar refractivity (Wildman–Crippen MR) is 130 cm³/mol. The Morgan fingerprint density at radius 2 is 1.16 bits per heavy atom. The highest BCUT2D eigenvalue weighted by atomic mass is 16.5. The lowest BCUT2D eigenvalue weighted by molar-refractivity contribution is 0.0450. The van der Waals surface area contributed by atoms with Gasteiger partial charge in [0.15, 0.2) is 0 Å². The van der Waals surface area contributed by atoms with Gasteiger partial charge in [0.25, 0.3) is 0 Å². The highest BCUT2D eigenvalue weighted by Crippen LogP contribution is 2.13. The average molecular weight is 448 g/mol. The van der Waals surface area contributed by atoms with Crippen molar-refractivity contribution >= 4 is 11.9 Å². The van der Waals surface area contributed by atoms with Crippen LogP contribution in [0.15, 0.2) is 18.2 Å². The third-order valence-electron chi connectivity index (χ3n) is 5.45. The zero-order valence-electron chi connectivity index (χ0n) is 20.7. The third kappa shape index (κ3) is 14.2. The summed E-state index contributed by atoms with van der Waals surface area (Å²) >= 11 is 0. The molecular formula is C27H45NO4. The molecule has 0 aliphatic rings. The summed E-state index contributed by atoms with van der Waals surface area (Å²) in [6.07, 6.45) is 18.1. The van der Waals surface area contributed by atoms with E-state index in [1.54, 1.807) is 18.2 Å². The van der Waals surface area contributed by atoms with Crippen LogP contribution in [-0.4, -0.2) is 30.1 Å². The second-order valence-electron chi connectivity index (χ2n) is 9.13. The molecule has 1 aromatic heterocycles. The molecule has 0 bridgehead atoms. The number of nitrogens with zero attached hydrogens (tertiary/aromatic N) is 1. The molecule has 1 aromatic rings. The summed E-state index contributed by atoms with van der Waals surface area (Å²) in [4.78, 5) is 28.3. The van der Waals surface area contributed by atoms with Gasteiger partial charge >= 0.3 is 11.9 Å². The van der Waals surface area contributed by atoms with Crippen LogP contribution in [0.5, 0.6) is 0 Å². The van der Waals surface area contributed by atoms with Gasteiger partial charge in [-0.25, -0.2) is 14.6 Å². The van der Waals surface area contributed by atoms with Crippen molar-refractivity contribution in [3.05, 3.63) is 29.6 Å². The Bertz CT molecular complexity index is 630. The quantitative estimate of drug-likeness (QED) is 0.162. The molecule has 0 fully saturated rings. The Morgan fingerprint density at radius 3 is 1.62 bits per heavy atom. The topological polar surface area (TPSA) is 65.5 Å². The number of pyridine rings is 1. The number of hydrogen-bond donors (Lipinski definition) is 0. The lowest BCUT2D eigenvalue weighted by atomic mass is 10.0. The van der Waals surface area contributed by atoms with E-state index in [4.69, 9.17) is 9.47 Å². The van der Waals surface area contributed by atoms with Gasteiger partial charge in [-0.05, 0) is 24.5 Å². The molecule has 0 unspecified atom stereocenters. The minimum atomic E-state index is -0.514. The molecule has 1 heterocycles. The molecule has 0 saturated carbocycles. The van der Waals surface area contributed by atoms with Crippen molar-refractivity contribution in [1.82, 2.24) is 4.98 Å². The molecule has 32 heavy (non-hydrogen) atoms. The van der Waals surface area contributed by atoms with Gasteiger partial charge in [0, 0.05) is 0 Å². The van der Waals surface area contributed by atoms with Crippen molar-refractivity contribution in [2.45, 2.75) is 111 Å². The molecule has 0 aromatic carbocycles. The van der Waals surface area contributed by atoms with E-state index in [2.05, 4.69) is 11.9 Å². The van der Waals surface area contributed by atoms with Gasteiger partial charge in [0.2, 0.25) is 0 Å². The van der Waals surface area contributed by atoms with Crippen LogP contribution in [0.4, 0.5) is 0 Å². The van der Waals surface area contributed by atoms with Crippen molar-refractivity contribution in [2.75, 3.05) is 13.2 Å². The number of aromatic nitrogens is 1. The summed E-state index contributed by atoms with van der Waals surface area (Å²) in [7, 11) is 0. The Labute approximate surface area is 195 Å². The van der Waals surface area contributed by atoms with Gasteiger partial charge in [-0.15, -0.1) is 0 Å². The summed E-state index contributed by atoms with van der Waals surface area (Å²) in [5, 5.41) is 0. The number of carbonyl (C=O) groups excluding carboxylic acids is 2. The van der Waals surface area contributed by atoms with Gasteiger partial charge in [-0.3, -0.25) is 0 Å². The fourth-order valence-corrected chi connectivity index (χ4v) is 3.51. The second-order valence-corrected chi connectivity index (χ2v) is 9.13. The highest BCUT2D eigenvalue weighted by Gasteiger charge is 2.14. The van der Waals surface area contributed by atoms with Crippen LogP contribution in [0.3, 0.4) is 0 Å². The maximum absolute atomic E-state index is 12.2. The monoisotopic (exact) mass is 447 g/mol. The fourth-order valence-electron chi connectivity index (χ4n) is 3.51. The Kier molecular flexibility index (Phi) is 16.4. The third-order valence-corrected chi connectivity index (χ3v) is 5.45. The molecule has 5 heteroatoms. The number of esters is 2. The molecule has 5 nitrogen and oxygen atoms in total. The Balaban J connectivity index is 2.04. The van der Waals surface area contributed by atoms with Crippen LogP contribution < -0.4 is 0 Å². The van der Waals surface area contributed by atoms with E-state index in [1.807, 2.05) is 13.8 Å². The van der Waals surface area contributed by atoms with E-state index in [1.165, 1.54) is 77.0 Å². The number of unbranched alkanes of at least 4 members (excludes halogenated alkanes) is 13. The normalized spacial score (nSPS) is 11.0. The minimum absolute atomic E-state index is 0.136. The summed E-state index contributed by atoms with van der Waals surface area (Å²) in [6.45, 7) is 6.91. The van der Waals surface area contributed by atoms with Crippen molar-refractivity contribution in [2.24, 2.45) is 5.92 Å². The summed E-state index contributed by atoms with van der Waals surface area (Å²) < 4.78 is 10.5. The maximum atomic E-state index is 12.2. The first kappa shape index (κ1) is 28.1. The standard InChI is InChI=1S/C27H45NO4/c1-4-5-6-7-8-9-10-11-12-13-14-15-16-17-21-31-26(29)24-19-18-20-25(28-24)27(30)32-22-23(2)3/h18-20,23H,4-17,21-22H2,1-3H3. The molecule has 0 spiro atoms. The van der Waals surface area contributed by atoms with Crippen LogP contribution in [0.2, 0.25) is 0 Å². The van der Waals surface area contributed by atoms with Crippen molar-refractivity contribution in [1.29, 1.82) is 0 Å². The molecule has 0 aliphatic carbocycles. The number of ether oxygens (including phenoxy) is 2. The zero-order chi connectivity index (χ0) is 23.4. The molecule has 182 valence electrons. The number of hydrogen-bond acceptors (Lipinski definition) is 5. The van der Waals surface area contributed by atoms with Gasteiger partial charge in [-0.2, -0.15) is 0 Å². The average Bonchev–Trinajstić information content (AvgIpc) is 2.79. The lowest BCUT2D eigenvalue weighted by Crippen LogP contribution is -2.15. The second kappa shape index (κ2) is 18.6. The van der Waals surface area contributed by atoms with Crippen LogP contribution >= 0.6 is 0 Å². The van der Waals surface area contributed by atoms with E-state index < -0.39 is 11.9 Å². The lowest BCUT2D eigenvalue weighted by Gasteiger charge is -2.08. The van der Waals surface area contributed by atoms with Gasteiger partial charge < -0.3 is 9.47 Å². The van der Waals surface area contributed by atoms with Crippen LogP contribution in [0.25, 0.3) is 0 Å². The van der Waals surface area contributed by atoms with Gasteiger partial charge in [0.1, 0.15) is 11.4 Å². The number of rotatable bonds is 19. The maximum Gasteiger partial charge on any atom is 0.356 e. The van der Waals surface area contributed by atoms with E-state index in [0.29, 0.717) is 13.2 Å². The number of carbonyl (C=O) groups is 2. The zero-order valence-corrected chi connectivity index (χ0v) is 20.7. The van der Waals surface area contributed by atoms with Crippen molar-refractivity contribution in [3.8, 4) is 0 Å². The Hall–Kier alpha value is -1.91. The minimum Gasteiger partial charge on any atom is -0.461 e. The molecular weight excluding hydrogens is 402 g/mol. The Morgan fingerprint density at radius 1 is 0.719 bits per heavy atom. The highest BCUT2D eigenvalue weighted by molar-refractivity contribution is 5.91. The van der Waals surface area contributed by atoms with Crippen molar-refractivity contribution < 1.29 is 19.1 Å². The molecule has 0 saturated heterocycles. The molecule has 0 amide bonds. The first-order valence-electron chi connectivity index (χ1n) is 12.9. The van der Waals surface area contributed by atoms with E-state index >= 15 is 0 Å². The first-order chi connectivity index (χ1) is 15.5. The fraction of sp³-hybridized carbons (Fsp3) is 0.741. The van der Waals surface area contributed by atoms with Crippen LogP contribution in [0, 0.1) is 5.92 Å². The van der Waals surface area contributed by atoms with Crippen LogP contribution in [-0.2, 0) is 9.47 Å². The predicted octanol–water partition coefficient (Wildman–Crippen LogP) is 7.53. The van der Waals surface area contributed by atoms with E-state index in [0.717, 1.165) is 12.8 Å². The first-order valence-corrected chi connectivity index (χ1v) is 12.9. The summed E-state index contributed by atoms with van der Waals surface area (Å²) in [5.41, 5.74) is 0.283. The smallest absolute Gasteiger partial charge is 0.356 e. The van der Waals surface area contributed by atoms with Crippen LogP contribution in [0.1, 0.15) is 132 Å². The molecule has 0 atom stereocenters. The summed E-state index contributed by atoms with van der Waals surface area (Å²) in [5.74, 6) is -0.754. The molecule has 1 rings (SSSR count). The summed E-state index contributed by atoms with van der Waals surface area (Å²) in [6, 6.07) is 4.74. The van der Waals surface area contributed by atoms with Gasteiger partial charge in [-0.1, -0.05) is 110 Å². The largest absolute Gasteiger partial charge is 0.461 e. The van der Waals surface area contributed by atoms with Gasteiger partial charge in [0.05, 0.1) is 13.2 Å². The molecule has 0 radical (unpaired) electrons. The van der Waals surface area contributed by atoms with E-state index in [9.17, 15) is 9.59 Å². The van der Waals surface area contributed by atoms with E-state index in [-0.39, 0.29) is 17.3 Å². The SMILES string of the molecule is CCCCCCCCCCCCCCCCOC(=O)c1cccc(C(=O)OCC(C)C)n1.